The number of fused-ring (bicyclic) bond motifs is 1. The van der Waals surface area contributed by atoms with Gasteiger partial charge in [0, 0.05) is 23.7 Å². The van der Waals surface area contributed by atoms with Crippen molar-refractivity contribution < 1.29 is 23.9 Å². The van der Waals surface area contributed by atoms with E-state index in [4.69, 9.17) is 16.3 Å². The van der Waals surface area contributed by atoms with Crippen LogP contribution in [0.25, 0.3) is 0 Å². The number of esters is 1. The summed E-state index contributed by atoms with van der Waals surface area (Å²) in [5.74, 6) is -2.03. The minimum Gasteiger partial charge on any atom is -0.426 e. The Balaban J connectivity index is 1.25. The number of benzene rings is 2. The smallest absolute Gasteiger partial charge is 0.316 e. The third-order valence-electron chi connectivity index (χ3n) is 6.76. The SMILES string of the molecule is C[C@@H]1C=CC[C@@H]2C(=O)N(c3ccc(OC(=O)[C@@H]4CC(=O)N(c5cccc(Cl)c5)C4)cc3)C(=O)[C@H]12. The normalized spacial score (nSPS) is 26.2. The molecule has 174 valence electrons. The summed E-state index contributed by atoms with van der Waals surface area (Å²) in [4.78, 5) is 53.7. The number of amides is 3. The molecule has 7 nitrogen and oxygen atoms in total. The zero-order valence-corrected chi connectivity index (χ0v) is 19.3. The van der Waals surface area contributed by atoms with Gasteiger partial charge < -0.3 is 9.64 Å². The Bertz CT molecular complexity index is 1210. The molecular weight excluding hydrogens is 456 g/mol. The first kappa shape index (κ1) is 22.3. The van der Waals surface area contributed by atoms with Crippen molar-refractivity contribution in [2.45, 2.75) is 19.8 Å². The van der Waals surface area contributed by atoms with Crippen LogP contribution in [0.15, 0.2) is 60.7 Å². The molecule has 5 rings (SSSR count). The van der Waals surface area contributed by atoms with E-state index >= 15 is 0 Å². The number of nitrogens with zero attached hydrogens (tertiary/aromatic N) is 2. The Morgan fingerprint density at radius 2 is 1.79 bits per heavy atom. The van der Waals surface area contributed by atoms with Crippen molar-refractivity contribution in [2.75, 3.05) is 16.3 Å². The number of ether oxygens (including phenoxy) is 1. The molecule has 0 aromatic heterocycles. The highest BCUT2D eigenvalue weighted by atomic mass is 35.5. The standard InChI is InChI=1S/C26H23ClN2O5/c1-15-4-2-7-21-23(15)25(32)29(24(21)31)18-8-10-20(11-9-18)34-26(33)16-12-22(30)28(14-16)19-6-3-5-17(27)13-19/h2-6,8-11,13,15-16,21,23H,7,12,14H2,1H3/t15-,16-,21+,23-/m1/s1. The van der Waals surface area contributed by atoms with Crippen molar-refractivity contribution in [1.29, 1.82) is 0 Å². The summed E-state index contributed by atoms with van der Waals surface area (Å²) in [7, 11) is 0. The van der Waals surface area contributed by atoms with Gasteiger partial charge in [-0.05, 0) is 54.8 Å². The van der Waals surface area contributed by atoms with E-state index in [9.17, 15) is 19.2 Å². The lowest BCUT2D eigenvalue weighted by molar-refractivity contribution is -0.139. The van der Waals surface area contributed by atoms with Gasteiger partial charge in [0.05, 0.1) is 23.4 Å². The van der Waals surface area contributed by atoms with Crippen molar-refractivity contribution >= 4 is 46.7 Å². The molecule has 2 saturated heterocycles. The maximum absolute atomic E-state index is 12.9. The maximum Gasteiger partial charge on any atom is 0.316 e. The number of carbonyl (C=O) groups excluding carboxylic acids is 4. The molecule has 8 heteroatoms. The Morgan fingerprint density at radius 3 is 2.50 bits per heavy atom. The summed E-state index contributed by atoms with van der Waals surface area (Å²) in [6.45, 7) is 2.16. The summed E-state index contributed by atoms with van der Waals surface area (Å²) in [5.41, 5.74) is 1.10. The van der Waals surface area contributed by atoms with Crippen LogP contribution < -0.4 is 14.5 Å². The molecule has 0 N–H and O–H groups in total. The second-order valence-electron chi connectivity index (χ2n) is 8.97. The number of imide groups is 1. The van der Waals surface area contributed by atoms with Crippen LogP contribution >= 0.6 is 11.6 Å². The zero-order valence-electron chi connectivity index (χ0n) is 18.5. The number of hydrogen-bond acceptors (Lipinski definition) is 5. The van der Waals surface area contributed by atoms with Crippen LogP contribution in [-0.4, -0.2) is 30.2 Å². The molecule has 3 amide bonds. The lowest BCUT2D eigenvalue weighted by Crippen LogP contribution is -2.31. The highest BCUT2D eigenvalue weighted by molar-refractivity contribution is 6.31. The van der Waals surface area contributed by atoms with E-state index in [0.29, 0.717) is 22.8 Å². The average molecular weight is 479 g/mol. The number of halogens is 1. The molecular formula is C26H23ClN2O5. The largest absolute Gasteiger partial charge is 0.426 e. The third-order valence-corrected chi connectivity index (χ3v) is 7.00. The molecule has 0 saturated carbocycles. The average Bonchev–Trinajstić information content (AvgIpc) is 3.33. The van der Waals surface area contributed by atoms with E-state index < -0.39 is 11.9 Å². The number of hydrogen-bond donors (Lipinski definition) is 0. The van der Waals surface area contributed by atoms with Gasteiger partial charge in [-0.2, -0.15) is 0 Å². The maximum atomic E-state index is 12.9. The Morgan fingerprint density at radius 1 is 1.03 bits per heavy atom. The molecule has 34 heavy (non-hydrogen) atoms. The monoisotopic (exact) mass is 478 g/mol. The number of carbonyl (C=O) groups is 4. The third kappa shape index (κ3) is 3.90. The van der Waals surface area contributed by atoms with Crippen molar-refractivity contribution in [2.24, 2.45) is 23.7 Å². The van der Waals surface area contributed by atoms with Gasteiger partial charge in [-0.15, -0.1) is 0 Å². The van der Waals surface area contributed by atoms with Gasteiger partial charge in [-0.3, -0.25) is 24.1 Å². The van der Waals surface area contributed by atoms with Crippen LogP contribution in [0.3, 0.4) is 0 Å². The quantitative estimate of drug-likeness (QED) is 0.287. The summed E-state index contributed by atoms with van der Waals surface area (Å²) < 4.78 is 5.50. The first-order chi connectivity index (χ1) is 16.3. The highest BCUT2D eigenvalue weighted by Gasteiger charge is 2.50. The highest BCUT2D eigenvalue weighted by Crippen LogP contribution is 2.40. The molecule has 1 aliphatic carbocycles. The van der Waals surface area contributed by atoms with Gasteiger partial charge in [0.15, 0.2) is 0 Å². The van der Waals surface area contributed by atoms with E-state index in [0.717, 1.165) is 0 Å². The molecule has 2 fully saturated rings. The van der Waals surface area contributed by atoms with Crippen molar-refractivity contribution in [1.82, 2.24) is 0 Å². The number of allylic oxidation sites excluding steroid dienone is 2. The first-order valence-corrected chi connectivity index (χ1v) is 11.6. The molecule has 2 aromatic carbocycles. The second kappa shape index (κ2) is 8.72. The van der Waals surface area contributed by atoms with Gasteiger partial charge >= 0.3 is 5.97 Å². The molecule has 0 spiro atoms. The minimum absolute atomic E-state index is 0.0148. The second-order valence-corrected chi connectivity index (χ2v) is 9.40. The van der Waals surface area contributed by atoms with Crippen LogP contribution in [0.2, 0.25) is 5.02 Å². The summed E-state index contributed by atoms with van der Waals surface area (Å²) in [6, 6.07) is 13.2. The van der Waals surface area contributed by atoms with Gasteiger partial charge in [-0.1, -0.05) is 36.7 Å². The van der Waals surface area contributed by atoms with Gasteiger partial charge in [0.2, 0.25) is 17.7 Å². The fraction of sp³-hybridized carbons (Fsp3) is 0.308. The molecule has 0 bridgehead atoms. The summed E-state index contributed by atoms with van der Waals surface area (Å²) in [6.07, 6.45) is 4.57. The predicted molar refractivity (Wildman–Crippen MR) is 126 cm³/mol. The van der Waals surface area contributed by atoms with Crippen molar-refractivity contribution in [3.05, 3.63) is 65.7 Å². The molecule has 4 atom stereocenters. The van der Waals surface area contributed by atoms with Crippen molar-refractivity contribution in [3.8, 4) is 5.75 Å². The fourth-order valence-corrected chi connectivity index (χ4v) is 5.21. The molecule has 0 unspecified atom stereocenters. The molecule has 2 aromatic rings. The van der Waals surface area contributed by atoms with Gasteiger partial charge in [0.1, 0.15) is 5.75 Å². The zero-order chi connectivity index (χ0) is 24.0. The number of anilines is 2. The van der Waals surface area contributed by atoms with Crippen molar-refractivity contribution in [3.63, 3.8) is 0 Å². The van der Waals surface area contributed by atoms with Crippen LogP contribution in [0.5, 0.6) is 5.75 Å². The molecule has 2 aliphatic heterocycles. The van der Waals surface area contributed by atoms with E-state index in [1.165, 1.54) is 9.80 Å². The lowest BCUT2D eigenvalue weighted by Gasteiger charge is -2.22. The van der Waals surface area contributed by atoms with Gasteiger partial charge in [-0.25, -0.2) is 0 Å². The van der Waals surface area contributed by atoms with Crippen LogP contribution in [-0.2, 0) is 19.2 Å². The minimum atomic E-state index is -0.606. The van der Waals surface area contributed by atoms with Gasteiger partial charge in [0.25, 0.3) is 0 Å². The predicted octanol–water partition coefficient (Wildman–Crippen LogP) is 4.00. The molecule has 0 radical (unpaired) electrons. The topological polar surface area (TPSA) is 84.0 Å². The van der Waals surface area contributed by atoms with E-state index in [-0.39, 0.29) is 54.2 Å². The summed E-state index contributed by atoms with van der Waals surface area (Å²) >= 11 is 6.02. The fourth-order valence-electron chi connectivity index (χ4n) is 5.02. The molecule has 2 heterocycles. The van der Waals surface area contributed by atoms with E-state index in [2.05, 4.69) is 0 Å². The Hall–Kier alpha value is -3.45. The first-order valence-electron chi connectivity index (χ1n) is 11.3. The Labute approximate surface area is 201 Å². The lowest BCUT2D eigenvalue weighted by atomic mass is 9.78. The summed E-state index contributed by atoms with van der Waals surface area (Å²) in [5, 5.41) is 0.511. The van der Waals surface area contributed by atoms with Crippen LogP contribution in [0.4, 0.5) is 11.4 Å². The number of rotatable bonds is 4. The van der Waals surface area contributed by atoms with E-state index in [1.807, 2.05) is 19.1 Å². The molecule has 3 aliphatic rings. The van der Waals surface area contributed by atoms with E-state index in [1.54, 1.807) is 48.5 Å². The van der Waals surface area contributed by atoms with Crippen LogP contribution in [0.1, 0.15) is 19.8 Å². The van der Waals surface area contributed by atoms with Crippen LogP contribution in [0, 0.1) is 23.7 Å². The Kier molecular flexibility index (Phi) is 5.73.